The van der Waals surface area contributed by atoms with Gasteiger partial charge in [-0.1, -0.05) is 0 Å². The van der Waals surface area contributed by atoms with E-state index in [1.165, 1.54) is 4.90 Å². The fourth-order valence-corrected chi connectivity index (χ4v) is 4.81. The second-order valence-corrected chi connectivity index (χ2v) is 8.74. The minimum atomic E-state index is -0.439. The number of rotatable bonds is 4. The van der Waals surface area contributed by atoms with Crippen molar-refractivity contribution in [3.63, 3.8) is 0 Å². The molecule has 178 valence electrons. The van der Waals surface area contributed by atoms with Crippen LogP contribution in [-0.2, 0) is 13.5 Å². The maximum Gasteiger partial charge on any atom is 0.327 e. The monoisotopic (exact) mass is 466 g/mol. The lowest BCUT2D eigenvalue weighted by Gasteiger charge is -2.38. The number of amides is 3. The molecule has 4 heterocycles. The van der Waals surface area contributed by atoms with Crippen LogP contribution < -0.4 is 25.8 Å². The molecule has 1 fully saturated rings. The van der Waals surface area contributed by atoms with E-state index in [0.717, 1.165) is 23.4 Å². The van der Waals surface area contributed by atoms with Crippen LogP contribution >= 0.6 is 0 Å². The summed E-state index contributed by atoms with van der Waals surface area (Å²) in [4.78, 5) is 32.5. The van der Waals surface area contributed by atoms with E-state index in [4.69, 9.17) is 0 Å². The van der Waals surface area contributed by atoms with E-state index < -0.39 is 11.8 Å². The molecule has 11 heteroatoms. The zero-order valence-electron chi connectivity index (χ0n) is 19.6. The molecule has 1 atom stereocenters. The predicted molar refractivity (Wildman–Crippen MR) is 128 cm³/mol. The summed E-state index contributed by atoms with van der Waals surface area (Å²) in [6, 6.07) is 5.05. The first kappa shape index (κ1) is 22.1. The summed E-state index contributed by atoms with van der Waals surface area (Å²) < 4.78 is 17.4. The van der Waals surface area contributed by atoms with Gasteiger partial charge in [-0.25, -0.2) is 14.2 Å². The van der Waals surface area contributed by atoms with Crippen LogP contribution in [0.15, 0.2) is 18.2 Å². The van der Waals surface area contributed by atoms with Crippen LogP contribution in [0.4, 0.5) is 26.4 Å². The zero-order chi connectivity index (χ0) is 24.1. The van der Waals surface area contributed by atoms with Gasteiger partial charge in [-0.3, -0.25) is 14.4 Å². The number of benzene rings is 1. The standard InChI is InChI=1S/C23H27FN8O2/c1-12-7-14(10-16(27-12)22(33)25-2)32-6-5-26-11-15(32)8-13-9-17-18-20(19(13)24)28-23(34)30(3)21(18)29-31(17)4/h7,9-10,15,26H,5-6,8,11H2,1-4H3,(H,25,33)(H,28,34). The first-order valence-corrected chi connectivity index (χ1v) is 11.2. The van der Waals surface area contributed by atoms with E-state index in [1.54, 1.807) is 31.9 Å². The highest BCUT2D eigenvalue weighted by Gasteiger charge is 2.32. The maximum absolute atomic E-state index is 15.7. The summed E-state index contributed by atoms with van der Waals surface area (Å²) >= 11 is 0. The van der Waals surface area contributed by atoms with E-state index in [0.29, 0.717) is 42.0 Å². The number of nitrogens with one attached hydrogen (secondary N) is 3. The van der Waals surface area contributed by atoms with Crippen molar-refractivity contribution < 1.29 is 14.0 Å². The minimum absolute atomic E-state index is 0.0677. The second-order valence-electron chi connectivity index (χ2n) is 8.74. The number of hydrogen-bond acceptors (Lipinski definition) is 6. The van der Waals surface area contributed by atoms with Gasteiger partial charge in [-0.2, -0.15) is 5.10 Å². The average Bonchev–Trinajstić information content (AvgIpc) is 3.16. The molecule has 2 aromatic heterocycles. The molecule has 1 saturated heterocycles. The highest BCUT2D eigenvalue weighted by molar-refractivity contribution is 6.17. The van der Waals surface area contributed by atoms with Crippen molar-refractivity contribution in [3.8, 4) is 0 Å². The number of aryl methyl sites for hydroxylation is 2. The largest absolute Gasteiger partial charge is 0.366 e. The first-order chi connectivity index (χ1) is 16.3. The topological polar surface area (TPSA) is 107 Å². The van der Waals surface area contributed by atoms with Gasteiger partial charge >= 0.3 is 6.03 Å². The third-order valence-electron chi connectivity index (χ3n) is 6.53. The Hall–Kier alpha value is -3.73. The Morgan fingerprint density at radius 3 is 2.85 bits per heavy atom. The van der Waals surface area contributed by atoms with Gasteiger partial charge in [0.25, 0.3) is 5.91 Å². The molecule has 0 spiro atoms. The summed E-state index contributed by atoms with van der Waals surface area (Å²) in [5.41, 5.74) is 3.39. The highest BCUT2D eigenvalue weighted by Crippen LogP contribution is 2.39. The van der Waals surface area contributed by atoms with E-state index >= 15 is 4.39 Å². The number of aromatic nitrogens is 3. The third kappa shape index (κ3) is 3.52. The van der Waals surface area contributed by atoms with Gasteiger partial charge in [0.15, 0.2) is 11.6 Å². The number of urea groups is 1. The molecule has 0 saturated carbocycles. The number of hydrogen-bond donors (Lipinski definition) is 3. The maximum atomic E-state index is 15.7. The summed E-state index contributed by atoms with van der Waals surface area (Å²) in [5.74, 6) is -0.248. The molecular weight excluding hydrogens is 439 g/mol. The molecule has 3 N–H and O–H groups in total. The van der Waals surface area contributed by atoms with Crippen molar-refractivity contribution in [3.05, 3.63) is 41.0 Å². The number of anilines is 3. The van der Waals surface area contributed by atoms with Crippen LogP contribution in [0.5, 0.6) is 0 Å². The normalized spacial score (nSPS) is 17.8. The number of nitrogens with zero attached hydrogens (tertiary/aromatic N) is 5. The van der Waals surface area contributed by atoms with Crippen LogP contribution in [0.1, 0.15) is 21.7 Å². The molecule has 2 aliphatic heterocycles. The van der Waals surface area contributed by atoms with Crippen molar-refractivity contribution in [2.75, 3.05) is 48.8 Å². The SMILES string of the molecule is CNC(=O)c1cc(N2CCNCC2Cc2cc3c4c(nn3C)N(C)C(=O)Nc4c2F)cc(C)n1. The van der Waals surface area contributed by atoms with Crippen LogP contribution in [0, 0.1) is 12.7 Å². The number of piperazine rings is 1. The molecule has 5 rings (SSSR count). The molecule has 0 bridgehead atoms. The van der Waals surface area contributed by atoms with Crippen LogP contribution in [0.3, 0.4) is 0 Å². The Morgan fingerprint density at radius 1 is 1.29 bits per heavy atom. The Bertz CT molecular complexity index is 1320. The lowest BCUT2D eigenvalue weighted by molar-refractivity contribution is 0.0958. The van der Waals surface area contributed by atoms with Crippen molar-refractivity contribution in [2.45, 2.75) is 19.4 Å². The Labute approximate surface area is 196 Å². The summed E-state index contributed by atoms with van der Waals surface area (Å²) in [5, 5.41) is 13.7. The molecule has 2 aliphatic rings. The van der Waals surface area contributed by atoms with Crippen molar-refractivity contribution in [2.24, 2.45) is 7.05 Å². The minimum Gasteiger partial charge on any atom is -0.366 e. The van der Waals surface area contributed by atoms with Gasteiger partial charge in [0.1, 0.15) is 5.69 Å². The van der Waals surface area contributed by atoms with Gasteiger partial charge in [-0.15, -0.1) is 0 Å². The molecule has 10 nitrogen and oxygen atoms in total. The van der Waals surface area contributed by atoms with E-state index in [9.17, 15) is 9.59 Å². The second kappa shape index (κ2) is 8.24. The Kier molecular flexibility index (Phi) is 5.35. The van der Waals surface area contributed by atoms with Crippen molar-refractivity contribution >= 4 is 40.0 Å². The van der Waals surface area contributed by atoms with E-state index in [1.807, 2.05) is 19.1 Å². The smallest absolute Gasteiger partial charge is 0.327 e. The molecule has 1 unspecified atom stereocenters. The van der Waals surface area contributed by atoms with Gasteiger partial charge in [0, 0.05) is 58.2 Å². The number of carbonyl (C=O) groups is 2. The van der Waals surface area contributed by atoms with Gasteiger partial charge in [-0.05, 0) is 37.1 Å². The molecule has 0 radical (unpaired) electrons. The Morgan fingerprint density at radius 2 is 2.09 bits per heavy atom. The highest BCUT2D eigenvalue weighted by atomic mass is 19.1. The fourth-order valence-electron chi connectivity index (χ4n) is 4.81. The summed E-state index contributed by atoms with van der Waals surface area (Å²) in [6.45, 7) is 3.98. The van der Waals surface area contributed by atoms with E-state index in [-0.39, 0.29) is 17.6 Å². The summed E-state index contributed by atoms with van der Waals surface area (Å²) in [7, 11) is 4.97. The van der Waals surface area contributed by atoms with Crippen LogP contribution in [0.2, 0.25) is 0 Å². The van der Waals surface area contributed by atoms with E-state index in [2.05, 4.69) is 30.9 Å². The third-order valence-corrected chi connectivity index (χ3v) is 6.53. The molecule has 1 aromatic carbocycles. The molecule has 3 amide bonds. The lowest BCUT2D eigenvalue weighted by atomic mass is 9.98. The lowest BCUT2D eigenvalue weighted by Crippen LogP contribution is -2.52. The van der Waals surface area contributed by atoms with Gasteiger partial charge in [0.2, 0.25) is 0 Å². The quantitative estimate of drug-likeness (QED) is 0.541. The fraction of sp³-hybridized carbons (Fsp3) is 0.391. The summed E-state index contributed by atoms with van der Waals surface area (Å²) in [6.07, 6.45) is 0.407. The molecule has 3 aromatic rings. The number of carbonyl (C=O) groups excluding carboxylic acids is 2. The number of pyridine rings is 1. The zero-order valence-corrected chi connectivity index (χ0v) is 19.6. The first-order valence-electron chi connectivity index (χ1n) is 11.2. The average molecular weight is 467 g/mol. The van der Waals surface area contributed by atoms with Crippen molar-refractivity contribution in [1.82, 2.24) is 25.4 Å². The number of halogens is 1. The van der Waals surface area contributed by atoms with Gasteiger partial charge < -0.3 is 20.9 Å². The van der Waals surface area contributed by atoms with Crippen molar-refractivity contribution in [1.29, 1.82) is 0 Å². The molecule has 0 aliphatic carbocycles. The van der Waals surface area contributed by atoms with Crippen LogP contribution in [0.25, 0.3) is 10.9 Å². The van der Waals surface area contributed by atoms with Gasteiger partial charge in [0.05, 0.1) is 16.6 Å². The van der Waals surface area contributed by atoms with Crippen LogP contribution in [-0.4, -0.2) is 66.5 Å². The Balaban J connectivity index is 1.54. The predicted octanol–water partition coefficient (Wildman–Crippen LogP) is 1.78. The molecule has 34 heavy (non-hydrogen) atoms. The molecular formula is C23H27FN8O2.